The largest absolute Gasteiger partial charge is 0.324 e. The Morgan fingerprint density at radius 3 is 2.70 bits per heavy atom. The highest BCUT2D eigenvalue weighted by atomic mass is 14.6. The summed E-state index contributed by atoms with van der Waals surface area (Å²) in [5.41, 5.74) is 12.8. The molecule has 0 heterocycles. The highest BCUT2D eigenvalue weighted by Crippen LogP contribution is 2.27. The molecule has 2 unspecified atom stereocenters. The Kier molecular flexibility index (Phi) is 4.95. The summed E-state index contributed by atoms with van der Waals surface area (Å²) in [4.78, 5) is 0. The first kappa shape index (κ1) is 14.3. The second kappa shape index (κ2) is 6.91. The normalized spacial score (nSPS) is 13.9. The van der Waals surface area contributed by atoms with E-state index in [4.69, 9.17) is 11.5 Å². The molecule has 0 aliphatic carbocycles. The SMILES string of the molecule is CC(c1cccc2ccccc12)C(N)C=CC#CCN. The standard InChI is InChI=1S/C18H20N2/c1-14(18(20)12-3-2-6-13-19)16-11-7-9-15-8-4-5-10-17(15)16/h3-5,7-12,14,18H,13,19-20H2,1H3. The Morgan fingerprint density at radius 2 is 1.90 bits per heavy atom. The second-order valence-electron chi connectivity index (χ2n) is 4.82. The third kappa shape index (κ3) is 3.27. The fourth-order valence-electron chi connectivity index (χ4n) is 2.30. The molecule has 20 heavy (non-hydrogen) atoms. The predicted molar refractivity (Wildman–Crippen MR) is 86.3 cm³/mol. The van der Waals surface area contributed by atoms with E-state index in [0.717, 1.165) is 0 Å². The molecule has 2 nitrogen and oxygen atoms in total. The average Bonchev–Trinajstić information content (AvgIpc) is 2.50. The van der Waals surface area contributed by atoms with Crippen molar-refractivity contribution in [2.24, 2.45) is 11.5 Å². The first-order valence-electron chi connectivity index (χ1n) is 6.82. The summed E-state index contributed by atoms with van der Waals surface area (Å²) < 4.78 is 0. The zero-order chi connectivity index (χ0) is 14.4. The summed E-state index contributed by atoms with van der Waals surface area (Å²) in [5.74, 6) is 5.90. The van der Waals surface area contributed by atoms with Crippen molar-refractivity contribution >= 4 is 10.8 Å². The van der Waals surface area contributed by atoms with E-state index in [1.54, 1.807) is 6.08 Å². The maximum absolute atomic E-state index is 6.24. The summed E-state index contributed by atoms with van der Waals surface area (Å²) in [6, 6.07) is 14.7. The van der Waals surface area contributed by atoms with Crippen molar-refractivity contribution in [3.05, 3.63) is 60.2 Å². The van der Waals surface area contributed by atoms with Gasteiger partial charge in [0.15, 0.2) is 0 Å². The number of rotatable bonds is 3. The van der Waals surface area contributed by atoms with E-state index in [9.17, 15) is 0 Å². The van der Waals surface area contributed by atoms with Crippen LogP contribution in [0, 0.1) is 11.8 Å². The fourth-order valence-corrected chi connectivity index (χ4v) is 2.30. The molecule has 2 aromatic carbocycles. The summed E-state index contributed by atoms with van der Waals surface area (Å²) >= 11 is 0. The molecule has 2 heteroatoms. The van der Waals surface area contributed by atoms with Crippen LogP contribution in [0.2, 0.25) is 0 Å². The minimum Gasteiger partial charge on any atom is -0.324 e. The molecule has 0 aliphatic rings. The van der Waals surface area contributed by atoms with Crippen LogP contribution < -0.4 is 11.5 Å². The van der Waals surface area contributed by atoms with Crippen LogP contribution in [-0.2, 0) is 0 Å². The Morgan fingerprint density at radius 1 is 1.15 bits per heavy atom. The van der Waals surface area contributed by atoms with E-state index in [0.29, 0.717) is 6.54 Å². The lowest BCUT2D eigenvalue weighted by Crippen LogP contribution is -2.24. The quantitative estimate of drug-likeness (QED) is 0.838. The molecule has 0 aliphatic heterocycles. The topological polar surface area (TPSA) is 52.0 Å². The van der Waals surface area contributed by atoms with Gasteiger partial charge in [0.05, 0.1) is 6.54 Å². The zero-order valence-electron chi connectivity index (χ0n) is 11.7. The molecule has 0 bridgehead atoms. The molecule has 0 fully saturated rings. The number of hydrogen-bond donors (Lipinski definition) is 2. The van der Waals surface area contributed by atoms with Crippen molar-refractivity contribution in [1.82, 2.24) is 0 Å². The molecule has 102 valence electrons. The lowest BCUT2D eigenvalue weighted by molar-refractivity contribution is 0.668. The molecule has 0 radical (unpaired) electrons. The van der Waals surface area contributed by atoms with Crippen molar-refractivity contribution < 1.29 is 0 Å². The number of hydrogen-bond acceptors (Lipinski definition) is 2. The number of fused-ring (bicyclic) bond motifs is 1. The molecular weight excluding hydrogens is 244 g/mol. The van der Waals surface area contributed by atoms with Gasteiger partial charge in [-0.3, -0.25) is 0 Å². The molecule has 0 saturated heterocycles. The van der Waals surface area contributed by atoms with Gasteiger partial charge in [0.25, 0.3) is 0 Å². The van der Waals surface area contributed by atoms with Crippen molar-refractivity contribution in [2.45, 2.75) is 18.9 Å². The maximum Gasteiger partial charge on any atom is 0.0554 e. The van der Waals surface area contributed by atoms with Crippen LogP contribution >= 0.6 is 0 Å². The monoisotopic (exact) mass is 264 g/mol. The molecule has 0 saturated carbocycles. The molecule has 0 amide bonds. The third-order valence-electron chi connectivity index (χ3n) is 3.50. The van der Waals surface area contributed by atoms with Gasteiger partial charge in [0, 0.05) is 12.0 Å². The molecule has 2 atom stereocenters. The predicted octanol–water partition coefficient (Wildman–Crippen LogP) is 2.79. The highest BCUT2D eigenvalue weighted by Gasteiger charge is 2.14. The zero-order valence-corrected chi connectivity index (χ0v) is 11.7. The Hall–Kier alpha value is -2.08. The van der Waals surface area contributed by atoms with Gasteiger partial charge in [-0.2, -0.15) is 0 Å². The first-order valence-corrected chi connectivity index (χ1v) is 6.82. The molecule has 0 aromatic heterocycles. The average molecular weight is 264 g/mol. The van der Waals surface area contributed by atoms with E-state index in [1.165, 1.54) is 16.3 Å². The van der Waals surface area contributed by atoms with Gasteiger partial charge in [-0.15, -0.1) is 0 Å². The van der Waals surface area contributed by atoms with Crippen molar-refractivity contribution in [2.75, 3.05) is 6.54 Å². The Bertz CT molecular complexity index is 656. The van der Waals surface area contributed by atoms with Crippen LogP contribution in [0.25, 0.3) is 10.8 Å². The Balaban J connectivity index is 2.27. The molecule has 2 aromatic rings. The summed E-state index contributed by atoms with van der Waals surface area (Å²) in [5, 5.41) is 2.51. The van der Waals surface area contributed by atoms with E-state index >= 15 is 0 Å². The van der Waals surface area contributed by atoms with Gasteiger partial charge in [-0.1, -0.05) is 67.3 Å². The van der Waals surface area contributed by atoms with Crippen molar-refractivity contribution in [3.63, 3.8) is 0 Å². The number of benzene rings is 2. The van der Waals surface area contributed by atoms with Gasteiger partial charge in [-0.05, 0) is 22.4 Å². The van der Waals surface area contributed by atoms with Gasteiger partial charge < -0.3 is 11.5 Å². The van der Waals surface area contributed by atoms with Crippen LogP contribution in [0.15, 0.2) is 54.6 Å². The van der Waals surface area contributed by atoms with E-state index in [1.807, 2.05) is 6.08 Å². The van der Waals surface area contributed by atoms with E-state index < -0.39 is 0 Å². The summed E-state index contributed by atoms with van der Waals surface area (Å²) in [7, 11) is 0. The maximum atomic E-state index is 6.24. The summed E-state index contributed by atoms with van der Waals surface area (Å²) in [6.07, 6.45) is 3.73. The van der Waals surface area contributed by atoms with E-state index in [2.05, 4.69) is 61.2 Å². The second-order valence-corrected chi connectivity index (χ2v) is 4.82. The minimum atomic E-state index is -0.0621. The molecule has 2 rings (SSSR count). The van der Waals surface area contributed by atoms with Crippen LogP contribution in [0.4, 0.5) is 0 Å². The number of nitrogens with two attached hydrogens (primary N) is 2. The van der Waals surface area contributed by atoms with Crippen molar-refractivity contribution in [1.29, 1.82) is 0 Å². The lowest BCUT2D eigenvalue weighted by Gasteiger charge is -2.19. The van der Waals surface area contributed by atoms with E-state index in [-0.39, 0.29) is 12.0 Å². The van der Waals surface area contributed by atoms with Crippen LogP contribution in [0.3, 0.4) is 0 Å². The fraction of sp³-hybridized carbons (Fsp3) is 0.222. The smallest absolute Gasteiger partial charge is 0.0554 e. The molecule has 4 N–H and O–H groups in total. The van der Waals surface area contributed by atoms with Crippen LogP contribution in [0.1, 0.15) is 18.4 Å². The van der Waals surface area contributed by atoms with Gasteiger partial charge >= 0.3 is 0 Å². The number of allylic oxidation sites excluding steroid dienone is 1. The van der Waals surface area contributed by atoms with Gasteiger partial charge in [-0.25, -0.2) is 0 Å². The van der Waals surface area contributed by atoms with Crippen LogP contribution in [0.5, 0.6) is 0 Å². The summed E-state index contributed by atoms with van der Waals surface area (Å²) in [6.45, 7) is 2.52. The lowest BCUT2D eigenvalue weighted by atomic mass is 9.89. The third-order valence-corrected chi connectivity index (χ3v) is 3.50. The Labute approximate surface area is 120 Å². The molecule has 0 spiro atoms. The molecular formula is C18H20N2. The van der Waals surface area contributed by atoms with Crippen molar-refractivity contribution in [3.8, 4) is 11.8 Å². The van der Waals surface area contributed by atoms with Gasteiger partial charge in [0.2, 0.25) is 0 Å². The minimum absolute atomic E-state index is 0.0621. The van der Waals surface area contributed by atoms with Gasteiger partial charge in [0.1, 0.15) is 0 Å². The first-order chi connectivity index (χ1) is 9.74. The van der Waals surface area contributed by atoms with Crippen LogP contribution in [-0.4, -0.2) is 12.6 Å². The highest BCUT2D eigenvalue weighted by molar-refractivity contribution is 5.86.